The third-order valence-corrected chi connectivity index (χ3v) is 34.6. The number of ether oxygens (including phenoxy) is 1. The van der Waals surface area contributed by atoms with Gasteiger partial charge in [0.05, 0.1) is 0 Å². The standard InChI is InChI=1S/C12H24N.C9H11O.C9H13.CH5Si.2ClH.Zr/c13-12-10-8-6-4-2-1-3-5-7-9-11-12;1-2-8-10-9-6-4-3-5-7-9;1-6-5-7(2)9(4)8(6)3;1-2;;;/h12-13H,1-11H2;3-7H,1-2,8H2;6H,1-4H3;2H2,1H3;2*1H;/q-1;;;;;;+1. The summed E-state index contributed by atoms with van der Waals surface area (Å²) in [6, 6.07) is 11.2. The largest absolute Gasteiger partial charge is 0.147 e. The van der Waals surface area contributed by atoms with E-state index in [4.69, 9.17) is 4.74 Å². The summed E-state index contributed by atoms with van der Waals surface area (Å²) >= 11 is -2.70. The normalized spacial score (nSPS) is 22.1. The molecular weight excluding hydrogens is 593 g/mol. The second-order valence-electron chi connectivity index (χ2n) is 11.4. The Morgan fingerprint density at radius 2 is 1.38 bits per heavy atom. The quantitative estimate of drug-likeness (QED) is 0.213. The summed E-state index contributed by atoms with van der Waals surface area (Å²) in [5.41, 5.74) is 4.91. The molecule has 1 N–H and O–H groups in total. The zero-order valence-corrected chi connectivity index (χ0v) is 29.9. The van der Waals surface area contributed by atoms with Crippen molar-refractivity contribution in [2.45, 2.75) is 121 Å². The molecule has 0 heterocycles. The molecule has 3 rings (SSSR count). The van der Waals surface area contributed by atoms with Gasteiger partial charge in [0, 0.05) is 0 Å². The molecule has 2 atom stereocenters. The van der Waals surface area contributed by atoms with Gasteiger partial charge in [-0.15, -0.1) is 24.8 Å². The average molecular weight is 648 g/mol. The minimum Gasteiger partial charge on any atom is -0.147 e. The van der Waals surface area contributed by atoms with Crippen LogP contribution in [0.4, 0.5) is 0 Å². The van der Waals surface area contributed by atoms with E-state index in [1.54, 1.807) is 16.7 Å². The Bertz CT molecular complexity index is 835. The molecule has 0 aromatic heterocycles. The van der Waals surface area contributed by atoms with Crippen LogP contribution in [-0.4, -0.2) is 19.3 Å². The number of para-hydroxylation sites is 1. The smallest absolute Gasteiger partial charge is 0.147 e. The maximum Gasteiger partial charge on any atom is -0.147 e. The molecule has 2 nitrogen and oxygen atoms in total. The Balaban J connectivity index is 0.00000342. The minimum atomic E-state index is -2.70. The molecule has 0 radical (unpaired) electrons. The van der Waals surface area contributed by atoms with Crippen LogP contribution in [0, 0.1) is 5.92 Å². The van der Waals surface area contributed by atoms with E-state index in [1.165, 1.54) is 81.2 Å². The van der Waals surface area contributed by atoms with Gasteiger partial charge in [-0.05, 0) is 0 Å². The molecule has 1 fully saturated rings. The summed E-state index contributed by atoms with van der Waals surface area (Å²) in [6.07, 6.45) is 17.0. The van der Waals surface area contributed by atoms with Crippen molar-refractivity contribution >= 4 is 31.5 Å². The van der Waals surface area contributed by atoms with Crippen LogP contribution >= 0.6 is 24.8 Å². The summed E-state index contributed by atoms with van der Waals surface area (Å²) in [6.45, 7) is 13.1. The second kappa shape index (κ2) is 18.5. The predicted octanol–water partition coefficient (Wildman–Crippen LogP) is 9.44. The molecule has 1 aromatic carbocycles. The van der Waals surface area contributed by atoms with E-state index in [2.05, 4.69) is 67.8 Å². The molecule has 1 saturated carbocycles. The molecule has 0 bridgehead atoms. The fourth-order valence-electron chi connectivity index (χ4n) is 6.67. The van der Waals surface area contributed by atoms with Crippen molar-refractivity contribution in [2.24, 2.45) is 5.92 Å². The van der Waals surface area contributed by atoms with Crippen molar-refractivity contribution in [3.63, 3.8) is 0 Å². The Hall–Kier alpha value is 0.140. The molecule has 212 valence electrons. The molecule has 2 aliphatic rings. The van der Waals surface area contributed by atoms with Gasteiger partial charge in [0.2, 0.25) is 0 Å². The predicted molar refractivity (Wildman–Crippen MR) is 168 cm³/mol. The van der Waals surface area contributed by atoms with Gasteiger partial charge in [0.25, 0.3) is 0 Å². The van der Waals surface area contributed by atoms with Gasteiger partial charge in [-0.1, -0.05) is 0 Å². The van der Waals surface area contributed by atoms with Crippen LogP contribution in [0.2, 0.25) is 10.7 Å². The number of nitrogens with one attached hydrogen (secondary N) is 1. The number of halogens is 2. The van der Waals surface area contributed by atoms with Gasteiger partial charge in [-0.2, -0.15) is 0 Å². The van der Waals surface area contributed by atoms with Crippen molar-refractivity contribution < 1.29 is 24.5 Å². The molecule has 1 aromatic rings. The van der Waals surface area contributed by atoms with Crippen molar-refractivity contribution in [3.8, 4) is 5.75 Å². The van der Waals surface area contributed by atoms with Crippen LogP contribution in [0.1, 0.15) is 105 Å². The van der Waals surface area contributed by atoms with Crippen LogP contribution < -0.4 is 8.00 Å². The second-order valence-corrected chi connectivity index (χ2v) is 33.0. The summed E-state index contributed by atoms with van der Waals surface area (Å²) in [4.78, 5) is 0. The first-order valence-electron chi connectivity index (χ1n) is 14.8. The van der Waals surface area contributed by atoms with Gasteiger partial charge in [0.1, 0.15) is 0 Å². The fourth-order valence-corrected chi connectivity index (χ4v) is 31.8. The number of allylic oxidation sites excluding steroid dienone is 4. The van der Waals surface area contributed by atoms with Crippen molar-refractivity contribution in [1.29, 1.82) is 0 Å². The summed E-state index contributed by atoms with van der Waals surface area (Å²) in [5.74, 6) is 1.68. The van der Waals surface area contributed by atoms with E-state index in [1.807, 2.05) is 3.28 Å². The van der Waals surface area contributed by atoms with Gasteiger partial charge in [-0.3, -0.25) is 0 Å². The van der Waals surface area contributed by atoms with Gasteiger partial charge >= 0.3 is 224 Å². The molecule has 0 saturated heterocycles. The third kappa shape index (κ3) is 10.2. The monoisotopic (exact) mass is 645 g/mol. The fraction of sp³-hybridized carbons (Fsp3) is 0.677. The molecule has 6 heteroatoms. The molecule has 2 unspecified atom stereocenters. The summed E-state index contributed by atoms with van der Waals surface area (Å²) in [7, 11) is 0. The number of benzene rings is 1. The minimum absolute atomic E-state index is 0. The van der Waals surface area contributed by atoms with E-state index in [-0.39, 0.29) is 31.5 Å². The number of hydrogen-bond acceptors (Lipinski definition) is 2. The van der Waals surface area contributed by atoms with Gasteiger partial charge < -0.3 is 0 Å². The zero-order chi connectivity index (χ0) is 25.1. The van der Waals surface area contributed by atoms with Crippen molar-refractivity contribution in [3.05, 3.63) is 50.3 Å². The molecule has 0 amide bonds. The summed E-state index contributed by atoms with van der Waals surface area (Å²) in [5, 5.41) is 0. The Morgan fingerprint density at radius 3 is 1.86 bits per heavy atom. The number of hydrogen-bond donors (Lipinski definition) is 1. The van der Waals surface area contributed by atoms with Gasteiger partial charge in [-0.25, -0.2) is 0 Å². The molecule has 37 heavy (non-hydrogen) atoms. The van der Waals surface area contributed by atoms with Gasteiger partial charge in [0.15, 0.2) is 0 Å². The van der Waals surface area contributed by atoms with Crippen LogP contribution in [0.5, 0.6) is 5.75 Å². The Kier molecular flexibility index (Phi) is 17.6. The SMILES string of the molecule is C[SiH2][Zr]([CH2]CCOc1ccccc1)([NH]C1CCCCCCCCCCC1)[C]1=C(C)C(C)=C(C)C1C.Cl.Cl. The topological polar surface area (TPSA) is 21.3 Å². The first-order chi connectivity index (χ1) is 17.0. The maximum atomic E-state index is 6.18. The van der Waals surface area contributed by atoms with E-state index in [0.717, 1.165) is 18.4 Å². The van der Waals surface area contributed by atoms with Crippen LogP contribution in [0.3, 0.4) is 0 Å². The first kappa shape index (κ1) is 35.2. The van der Waals surface area contributed by atoms with Crippen LogP contribution in [0.15, 0.2) is 50.3 Å². The van der Waals surface area contributed by atoms with E-state index < -0.39 is 19.7 Å². The zero-order valence-electron chi connectivity index (χ0n) is 24.4. The van der Waals surface area contributed by atoms with Crippen LogP contribution in [-0.2, 0) is 19.7 Å². The number of rotatable bonds is 9. The van der Waals surface area contributed by atoms with E-state index >= 15 is 0 Å². The van der Waals surface area contributed by atoms with E-state index in [0.29, 0.717) is 5.92 Å². The molecule has 0 aliphatic heterocycles. The molecule has 2 aliphatic carbocycles. The Morgan fingerprint density at radius 1 is 0.838 bits per heavy atom. The van der Waals surface area contributed by atoms with E-state index in [9.17, 15) is 0 Å². The molecular formula is C31H55Cl2NOSiZr. The average Bonchev–Trinajstić information content (AvgIpc) is 3.06. The first-order valence-corrected chi connectivity index (χ1v) is 26.4. The van der Waals surface area contributed by atoms with Crippen LogP contribution in [0.25, 0.3) is 0 Å². The van der Waals surface area contributed by atoms with Crippen molar-refractivity contribution in [1.82, 2.24) is 3.26 Å². The third-order valence-electron chi connectivity index (χ3n) is 9.11. The van der Waals surface area contributed by atoms with Crippen molar-refractivity contribution in [2.75, 3.05) is 6.61 Å². The maximum absolute atomic E-state index is 6.18. The summed E-state index contributed by atoms with van der Waals surface area (Å²) < 4.78 is 14.2. The Labute approximate surface area is 247 Å². The molecule has 0 spiro atoms.